The van der Waals surface area contributed by atoms with Crippen LogP contribution in [0.3, 0.4) is 0 Å². The zero-order chi connectivity index (χ0) is 17.7. The van der Waals surface area contributed by atoms with Gasteiger partial charge >= 0.3 is 12.1 Å². The maximum Gasteiger partial charge on any atom is 0.419 e. The van der Waals surface area contributed by atoms with Crippen molar-refractivity contribution in [1.29, 1.82) is 0 Å². The van der Waals surface area contributed by atoms with E-state index in [2.05, 4.69) is 0 Å². The Kier molecular flexibility index (Phi) is 5.66. The van der Waals surface area contributed by atoms with Gasteiger partial charge in [-0.05, 0) is 12.1 Å². The summed E-state index contributed by atoms with van der Waals surface area (Å²) in [5.41, 5.74) is -0.955. The number of ether oxygens (including phenoxy) is 2. The number of para-hydroxylation sites is 1. The Morgan fingerprint density at radius 1 is 1.33 bits per heavy atom. The highest BCUT2D eigenvalue weighted by Crippen LogP contribution is 2.35. The van der Waals surface area contributed by atoms with E-state index in [1.165, 1.54) is 17.0 Å². The number of alkyl halides is 3. The lowest BCUT2D eigenvalue weighted by Crippen LogP contribution is -2.47. The van der Waals surface area contributed by atoms with E-state index in [1.807, 2.05) is 0 Å². The molecule has 1 aliphatic rings. The second-order valence-corrected chi connectivity index (χ2v) is 5.21. The molecule has 9 heteroatoms. The third-order valence-corrected chi connectivity index (χ3v) is 3.44. The molecule has 1 N–H and O–H groups in total. The Morgan fingerprint density at radius 3 is 2.71 bits per heavy atom. The van der Waals surface area contributed by atoms with Crippen LogP contribution in [0.4, 0.5) is 13.2 Å². The van der Waals surface area contributed by atoms with Crippen molar-refractivity contribution in [3.8, 4) is 5.75 Å². The second kappa shape index (κ2) is 7.52. The Morgan fingerprint density at radius 2 is 2.04 bits per heavy atom. The molecule has 1 fully saturated rings. The van der Waals surface area contributed by atoms with E-state index in [1.54, 1.807) is 0 Å². The number of amides is 1. The predicted molar refractivity (Wildman–Crippen MR) is 75.5 cm³/mol. The van der Waals surface area contributed by atoms with Crippen LogP contribution in [0.2, 0.25) is 0 Å². The highest BCUT2D eigenvalue weighted by molar-refractivity contribution is 5.78. The van der Waals surface area contributed by atoms with Crippen molar-refractivity contribution in [2.45, 2.75) is 18.7 Å². The van der Waals surface area contributed by atoms with Crippen LogP contribution in [0.1, 0.15) is 12.0 Å². The number of hydrogen-bond acceptors (Lipinski definition) is 4. The lowest BCUT2D eigenvalue weighted by Gasteiger charge is -2.32. The molecular formula is C15H16F3NO5. The van der Waals surface area contributed by atoms with Crippen LogP contribution in [-0.4, -0.2) is 54.3 Å². The van der Waals surface area contributed by atoms with Crippen LogP contribution < -0.4 is 4.74 Å². The van der Waals surface area contributed by atoms with E-state index in [9.17, 15) is 22.8 Å². The van der Waals surface area contributed by atoms with E-state index in [0.717, 1.165) is 12.1 Å². The number of benzene rings is 1. The van der Waals surface area contributed by atoms with Crippen molar-refractivity contribution in [3.63, 3.8) is 0 Å². The van der Waals surface area contributed by atoms with Crippen molar-refractivity contribution >= 4 is 11.9 Å². The average Bonchev–Trinajstić information content (AvgIpc) is 2.51. The molecule has 1 aromatic rings. The third-order valence-electron chi connectivity index (χ3n) is 3.44. The van der Waals surface area contributed by atoms with Crippen LogP contribution in [0, 0.1) is 0 Å². The molecule has 0 saturated carbocycles. The summed E-state index contributed by atoms with van der Waals surface area (Å²) in [6.07, 6.45) is -5.46. The van der Waals surface area contributed by atoms with Gasteiger partial charge in [0, 0.05) is 13.1 Å². The van der Waals surface area contributed by atoms with Crippen LogP contribution in [0.5, 0.6) is 5.75 Å². The highest BCUT2D eigenvalue weighted by Gasteiger charge is 2.34. The predicted octanol–water partition coefficient (Wildman–Crippen LogP) is 1.79. The molecule has 1 unspecified atom stereocenters. The fraction of sp³-hybridized carbons (Fsp3) is 0.467. The maximum atomic E-state index is 12.9. The molecule has 1 aromatic carbocycles. The molecule has 0 aliphatic carbocycles. The third kappa shape index (κ3) is 4.85. The number of carboxylic acids is 1. The summed E-state index contributed by atoms with van der Waals surface area (Å²) in [6.45, 7) is -0.0929. The van der Waals surface area contributed by atoms with E-state index < -0.39 is 42.1 Å². The summed E-state index contributed by atoms with van der Waals surface area (Å²) in [5.74, 6) is -2.00. The van der Waals surface area contributed by atoms with Crippen molar-refractivity contribution in [2.24, 2.45) is 0 Å². The molecule has 6 nitrogen and oxygen atoms in total. The first kappa shape index (κ1) is 18.1. The Hall–Kier alpha value is -2.29. The number of halogens is 3. The fourth-order valence-corrected chi connectivity index (χ4v) is 2.32. The van der Waals surface area contributed by atoms with E-state index in [0.29, 0.717) is 0 Å². The Balaban J connectivity index is 1.95. The fourth-order valence-electron chi connectivity index (χ4n) is 2.32. The van der Waals surface area contributed by atoms with Gasteiger partial charge in [-0.2, -0.15) is 13.2 Å². The van der Waals surface area contributed by atoms with Gasteiger partial charge in [-0.3, -0.25) is 9.59 Å². The number of carboxylic acid groups (broad SMARTS) is 1. The molecule has 0 spiro atoms. The number of carbonyl (C=O) groups is 2. The molecule has 0 radical (unpaired) electrons. The van der Waals surface area contributed by atoms with Gasteiger partial charge in [0.1, 0.15) is 5.75 Å². The number of nitrogens with zero attached hydrogens (tertiary/aromatic N) is 1. The first-order chi connectivity index (χ1) is 11.3. The SMILES string of the molecule is O=C(O)CC1CN(C(=O)COc2ccccc2C(F)(F)F)CCO1. The molecule has 24 heavy (non-hydrogen) atoms. The van der Waals surface area contributed by atoms with Gasteiger partial charge in [0.25, 0.3) is 5.91 Å². The number of carbonyl (C=O) groups excluding carboxylic acids is 1. The van der Waals surface area contributed by atoms with Crippen LogP contribution in [0.25, 0.3) is 0 Å². The highest BCUT2D eigenvalue weighted by atomic mass is 19.4. The van der Waals surface area contributed by atoms with Crippen molar-refractivity contribution in [1.82, 2.24) is 4.90 Å². The minimum Gasteiger partial charge on any atom is -0.483 e. The van der Waals surface area contributed by atoms with Crippen LogP contribution in [-0.2, 0) is 20.5 Å². The zero-order valence-corrected chi connectivity index (χ0v) is 12.6. The van der Waals surface area contributed by atoms with Gasteiger partial charge in [0.15, 0.2) is 6.61 Å². The molecule has 1 amide bonds. The van der Waals surface area contributed by atoms with Crippen LogP contribution in [0.15, 0.2) is 24.3 Å². The van der Waals surface area contributed by atoms with Crippen molar-refractivity contribution in [2.75, 3.05) is 26.3 Å². The second-order valence-electron chi connectivity index (χ2n) is 5.21. The monoisotopic (exact) mass is 347 g/mol. The summed E-state index contributed by atoms with van der Waals surface area (Å²) in [7, 11) is 0. The standard InChI is InChI=1S/C15H16F3NO5/c16-15(17,18)11-3-1-2-4-12(11)24-9-13(20)19-5-6-23-10(8-19)7-14(21)22/h1-4,10H,5-9H2,(H,21,22). The summed E-state index contributed by atoms with van der Waals surface area (Å²) in [4.78, 5) is 24.1. The first-order valence-electron chi connectivity index (χ1n) is 7.17. The molecule has 0 aromatic heterocycles. The maximum absolute atomic E-state index is 12.9. The molecular weight excluding hydrogens is 331 g/mol. The number of hydrogen-bond donors (Lipinski definition) is 1. The minimum absolute atomic E-state index is 0.0649. The molecule has 1 heterocycles. The molecule has 2 rings (SSSR count). The van der Waals surface area contributed by atoms with Gasteiger partial charge in [-0.25, -0.2) is 0 Å². The largest absolute Gasteiger partial charge is 0.483 e. The summed E-state index contributed by atoms with van der Waals surface area (Å²) in [6, 6.07) is 4.63. The number of aliphatic carboxylic acids is 1. The van der Waals surface area contributed by atoms with Gasteiger partial charge in [0.05, 0.1) is 24.7 Å². The molecule has 132 valence electrons. The normalized spacial score (nSPS) is 18.3. The van der Waals surface area contributed by atoms with Crippen LogP contribution >= 0.6 is 0 Å². The minimum atomic E-state index is -4.58. The molecule has 1 aliphatic heterocycles. The quantitative estimate of drug-likeness (QED) is 0.879. The topological polar surface area (TPSA) is 76.1 Å². The van der Waals surface area contributed by atoms with Gasteiger partial charge in [-0.15, -0.1) is 0 Å². The van der Waals surface area contributed by atoms with E-state index in [4.69, 9.17) is 14.6 Å². The van der Waals surface area contributed by atoms with E-state index >= 15 is 0 Å². The van der Waals surface area contributed by atoms with Crippen molar-refractivity contribution in [3.05, 3.63) is 29.8 Å². The lowest BCUT2D eigenvalue weighted by molar-refractivity contribution is -0.149. The lowest BCUT2D eigenvalue weighted by atomic mass is 10.2. The molecule has 1 saturated heterocycles. The first-order valence-corrected chi connectivity index (χ1v) is 7.17. The smallest absolute Gasteiger partial charge is 0.419 e. The Bertz CT molecular complexity index is 605. The van der Waals surface area contributed by atoms with E-state index in [-0.39, 0.29) is 26.1 Å². The molecule has 0 bridgehead atoms. The zero-order valence-electron chi connectivity index (χ0n) is 12.6. The summed E-state index contributed by atoms with van der Waals surface area (Å²) < 4.78 is 48.8. The summed E-state index contributed by atoms with van der Waals surface area (Å²) >= 11 is 0. The number of rotatable bonds is 5. The van der Waals surface area contributed by atoms with Gasteiger partial charge in [-0.1, -0.05) is 12.1 Å². The Labute approximate surface area is 135 Å². The molecule has 1 atom stereocenters. The van der Waals surface area contributed by atoms with Gasteiger partial charge < -0.3 is 19.5 Å². The van der Waals surface area contributed by atoms with Gasteiger partial charge in [0.2, 0.25) is 0 Å². The number of morpholine rings is 1. The average molecular weight is 347 g/mol. The van der Waals surface area contributed by atoms with Crippen molar-refractivity contribution < 1.29 is 37.3 Å². The summed E-state index contributed by atoms with van der Waals surface area (Å²) in [5, 5.41) is 8.73.